The van der Waals surface area contributed by atoms with Crippen molar-refractivity contribution in [2.75, 3.05) is 18.4 Å². The van der Waals surface area contributed by atoms with Crippen molar-refractivity contribution in [1.82, 2.24) is 4.48 Å². The molecule has 1 N–H and O–H groups in total. The second-order valence-corrected chi connectivity index (χ2v) is 5.74. The molecule has 4 nitrogen and oxygen atoms in total. The Morgan fingerprint density at radius 3 is 2.41 bits per heavy atom. The van der Waals surface area contributed by atoms with E-state index in [1.165, 1.54) is 0 Å². The summed E-state index contributed by atoms with van der Waals surface area (Å²) in [6.45, 7) is 10.1. The van der Waals surface area contributed by atoms with Crippen LogP contribution in [-0.2, 0) is 9.59 Å². The summed E-state index contributed by atoms with van der Waals surface area (Å²) in [7, 11) is 0. The zero-order valence-corrected chi connectivity index (χ0v) is 13.0. The highest BCUT2D eigenvalue weighted by molar-refractivity contribution is 5.95. The van der Waals surface area contributed by atoms with Crippen LogP contribution in [0.1, 0.15) is 19.8 Å². The van der Waals surface area contributed by atoms with Gasteiger partial charge in [0.25, 0.3) is 0 Å². The van der Waals surface area contributed by atoms with Gasteiger partial charge in [0.2, 0.25) is 5.91 Å². The van der Waals surface area contributed by atoms with E-state index in [4.69, 9.17) is 0 Å². The molecule has 22 heavy (non-hydrogen) atoms. The molecule has 1 fully saturated rings. The standard InChI is InChI=1S/C18H22N2O2/c1-4-11-20(12-5-2,14(3)21)17-8-6-7-16(13-17)19-18(22)15-9-10-15/h4-8,13,15H,1-2,9-12H2,3H3/p+1. The Morgan fingerprint density at radius 1 is 1.27 bits per heavy atom. The average molecular weight is 299 g/mol. The van der Waals surface area contributed by atoms with Crippen molar-refractivity contribution in [1.29, 1.82) is 0 Å². The fourth-order valence-corrected chi connectivity index (χ4v) is 2.60. The van der Waals surface area contributed by atoms with Crippen LogP contribution in [0, 0.1) is 5.92 Å². The number of anilines is 1. The van der Waals surface area contributed by atoms with Gasteiger partial charge in [-0.25, -0.2) is 9.28 Å². The number of hydrogen-bond donors (Lipinski definition) is 1. The van der Waals surface area contributed by atoms with Crippen LogP contribution >= 0.6 is 0 Å². The first-order valence-electron chi connectivity index (χ1n) is 7.55. The molecule has 0 unspecified atom stereocenters. The first-order chi connectivity index (χ1) is 10.5. The molecule has 0 spiro atoms. The summed E-state index contributed by atoms with van der Waals surface area (Å²) in [4.78, 5) is 24.2. The van der Waals surface area contributed by atoms with Gasteiger partial charge in [0.05, 0.1) is 6.92 Å². The first-order valence-corrected chi connectivity index (χ1v) is 7.55. The fourth-order valence-electron chi connectivity index (χ4n) is 2.60. The quantitative estimate of drug-likeness (QED) is 0.620. The number of nitrogens with one attached hydrogen (secondary N) is 1. The van der Waals surface area contributed by atoms with Crippen LogP contribution in [0.5, 0.6) is 0 Å². The van der Waals surface area contributed by atoms with Crippen LogP contribution in [-0.4, -0.2) is 24.9 Å². The van der Waals surface area contributed by atoms with Gasteiger partial charge in [-0.05, 0) is 37.1 Å². The average Bonchev–Trinajstić information content (AvgIpc) is 3.31. The Hall–Kier alpha value is -2.20. The SMILES string of the molecule is C=CC[N+](CC=C)(C(C)=O)c1cccc(NC(=O)C2CC2)c1. The van der Waals surface area contributed by atoms with Gasteiger partial charge in [-0.3, -0.25) is 4.79 Å². The molecule has 1 aromatic rings. The summed E-state index contributed by atoms with van der Waals surface area (Å²) < 4.78 is 0.125. The fraction of sp³-hybridized carbons (Fsp3) is 0.333. The van der Waals surface area contributed by atoms with Gasteiger partial charge in [0, 0.05) is 17.7 Å². The molecule has 4 heteroatoms. The maximum Gasteiger partial charge on any atom is 0.316 e. The summed E-state index contributed by atoms with van der Waals surface area (Å²) in [6.07, 6.45) is 5.40. The lowest BCUT2D eigenvalue weighted by Gasteiger charge is -2.32. The highest BCUT2D eigenvalue weighted by atomic mass is 16.2. The molecule has 0 saturated heterocycles. The number of amides is 2. The second-order valence-electron chi connectivity index (χ2n) is 5.74. The number of benzene rings is 1. The highest BCUT2D eigenvalue weighted by Gasteiger charge is 2.34. The lowest BCUT2D eigenvalue weighted by molar-refractivity contribution is -0.127. The molecule has 1 aliphatic rings. The normalized spacial score (nSPS) is 14.2. The van der Waals surface area contributed by atoms with Crippen molar-refractivity contribution in [2.24, 2.45) is 5.92 Å². The van der Waals surface area contributed by atoms with Crippen molar-refractivity contribution in [3.05, 3.63) is 49.6 Å². The Labute approximate surface area is 131 Å². The van der Waals surface area contributed by atoms with E-state index in [1.54, 1.807) is 19.1 Å². The van der Waals surface area contributed by atoms with Crippen molar-refractivity contribution < 1.29 is 9.59 Å². The van der Waals surface area contributed by atoms with Crippen LogP contribution in [0.15, 0.2) is 49.6 Å². The molecular weight excluding hydrogens is 276 g/mol. The second kappa shape index (κ2) is 6.71. The highest BCUT2D eigenvalue weighted by Crippen LogP contribution is 2.31. The number of nitrogens with zero attached hydrogens (tertiary/aromatic N) is 1. The zero-order valence-electron chi connectivity index (χ0n) is 13.0. The Bertz CT molecular complexity index is 593. The first kappa shape index (κ1) is 16.2. The number of quaternary nitrogens is 1. The Morgan fingerprint density at radius 2 is 1.91 bits per heavy atom. The Balaban J connectivity index is 2.34. The maximum absolute atomic E-state index is 12.3. The van der Waals surface area contributed by atoms with E-state index in [-0.39, 0.29) is 22.2 Å². The third-order valence-corrected chi connectivity index (χ3v) is 4.04. The predicted octanol–water partition coefficient (Wildman–Crippen LogP) is 3.26. The lowest BCUT2D eigenvalue weighted by Crippen LogP contribution is -2.53. The molecule has 1 aromatic carbocycles. The van der Waals surface area contributed by atoms with Gasteiger partial charge >= 0.3 is 5.91 Å². The summed E-state index contributed by atoms with van der Waals surface area (Å²) in [5, 5.41) is 2.93. The molecule has 0 bridgehead atoms. The van der Waals surface area contributed by atoms with Gasteiger partial charge in [-0.2, -0.15) is 0 Å². The molecule has 0 radical (unpaired) electrons. The molecule has 2 amide bonds. The minimum absolute atomic E-state index is 0.0190. The molecule has 116 valence electrons. The third kappa shape index (κ3) is 3.34. The largest absolute Gasteiger partial charge is 0.326 e. The van der Waals surface area contributed by atoms with Crippen LogP contribution in [0.25, 0.3) is 0 Å². The molecule has 0 aromatic heterocycles. The van der Waals surface area contributed by atoms with Crippen LogP contribution in [0.2, 0.25) is 0 Å². The molecule has 0 atom stereocenters. The summed E-state index contributed by atoms with van der Waals surface area (Å²) >= 11 is 0. The Kier molecular flexibility index (Phi) is 4.93. The smallest absolute Gasteiger partial charge is 0.316 e. The molecule has 0 heterocycles. The van der Waals surface area contributed by atoms with Crippen molar-refractivity contribution in [3.8, 4) is 0 Å². The number of hydrogen-bond acceptors (Lipinski definition) is 2. The number of carbonyl (C=O) groups is 2. The molecule has 1 aliphatic carbocycles. The third-order valence-electron chi connectivity index (χ3n) is 4.04. The van der Waals surface area contributed by atoms with Crippen LogP contribution in [0.4, 0.5) is 11.4 Å². The number of carbonyl (C=O) groups excluding carboxylic acids is 2. The minimum Gasteiger partial charge on any atom is -0.326 e. The lowest BCUT2D eigenvalue weighted by atomic mass is 10.2. The van der Waals surface area contributed by atoms with Crippen LogP contribution in [0.3, 0.4) is 0 Å². The van der Waals surface area contributed by atoms with Crippen molar-refractivity contribution >= 4 is 23.2 Å². The van der Waals surface area contributed by atoms with E-state index in [0.717, 1.165) is 24.2 Å². The monoisotopic (exact) mass is 299 g/mol. The van der Waals surface area contributed by atoms with E-state index in [0.29, 0.717) is 13.1 Å². The van der Waals surface area contributed by atoms with Gasteiger partial charge in [-0.1, -0.05) is 19.2 Å². The minimum atomic E-state index is 0.0190. The maximum atomic E-state index is 12.3. The van der Waals surface area contributed by atoms with Crippen molar-refractivity contribution in [3.63, 3.8) is 0 Å². The van der Waals surface area contributed by atoms with Gasteiger partial charge < -0.3 is 5.32 Å². The van der Waals surface area contributed by atoms with Crippen LogP contribution < -0.4 is 9.80 Å². The van der Waals surface area contributed by atoms with Gasteiger partial charge in [0.1, 0.15) is 18.8 Å². The zero-order chi connectivity index (χ0) is 16.2. The molecular formula is C18H23N2O2+. The topological polar surface area (TPSA) is 46.2 Å². The number of rotatable bonds is 7. The van der Waals surface area contributed by atoms with E-state index in [1.807, 2.05) is 24.3 Å². The van der Waals surface area contributed by atoms with E-state index in [9.17, 15) is 9.59 Å². The summed E-state index contributed by atoms with van der Waals surface area (Å²) in [5.41, 5.74) is 1.56. The molecule has 1 saturated carbocycles. The van der Waals surface area contributed by atoms with Gasteiger partial charge in [-0.15, -0.1) is 0 Å². The van der Waals surface area contributed by atoms with Crippen molar-refractivity contribution in [2.45, 2.75) is 19.8 Å². The predicted molar refractivity (Wildman–Crippen MR) is 90.4 cm³/mol. The van der Waals surface area contributed by atoms with E-state index < -0.39 is 0 Å². The van der Waals surface area contributed by atoms with Gasteiger partial charge in [0.15, 0.2) is 0 Å². The van der Waals surface area contributed by atoms with E-state index >= 15 is 0 Å². The van der Waals surface area contributed by atoms with E-state index in [2.05, 4.69) is 18.5 Å². The summed E-state index contributed by atoms with van der Waals surface area (Å²) in [5.74, 6) is 0.230. The molecule has 0 aliphatic heterocycles. The summed E-state index contributed by atoms with van der Waals surface area (Å²) in [6, 6.07) is 7.48. The molecule has 2 rings (SSSR count).